The highest BCUT2D eigenvalue weighted by Gasteiger charge is 2.35. The molecule has 0 aliphatic carbocycles. The van der Waals surface area contributed by atoms with Crippen LogP contribution in [0.15, 0.2) is 36.5 Å². The van der Waals surface area contributed by atoms with E-state index in [1.54, 1.807) is 30.5 Å². The molecule has 0 fully saturated rings. The van der Waals surface area contributed by atoms with Crippen LogP contribution in [0.1, 0.15) is 54.1 Å². The van der Waals surface area contributed by atoms with E-state index in [0.717, 1.165) is 29.5 Å². The van der Waals surface area contributed by atoms with Crippen molar-refractivity contribution in [2.45, 2.75) is 51.8 Å². The van der Waals surface area contributed by atoms with Crippen LogP contribution in [-0.2, 0) is 27.5 Å². The molecule has 2 heterocycles. The number of rotatable bonds is 10. The third-order valence-corrected chi connectivity index (χ3v) is 5.33. The molecular formula is C23H27N3O5. The second kappa shape index (κ2) is 10.2. The van der Waals surface area contributed by atoms with Crippen molar-refractivity contribution in [2.24, 2.45) is 5.73 Å². The van der Waals surface area contributed by atoms with Crippen molar-refractivity contribution < 1.29 is 24.2 Å². The van der Waals surface area contributed by atoms with Crippen LogP contribution >= 0.6 is 0 Å². The van der Waals surface area contributed by atoms with Gasteiger partial charge in [0.2, 0.25) is 5.91 Å². The van der Waals surface area contributed by atoms with Crippen LogP contribution in [0.5, 0.6) is 0 Å². The maximum atomic E-state index is 12.9. The van der Waals surface area contributed by atoms with Crippen molar-refractivity contribution in [3.8, 4) is 11.3 Å². The Morgan fingerprint density at radius 1 is 1.29 bits per heavy atom. The van der Waals surface area contributed by atoms with Crippen molar-refractivity contribution in [2.75, 3.05) is 6.61 Å². The zero-order chi connectivity index (χ0) is 22.4. The molecule has 0 saturated carbocycles. The van der Waals surface area contributed by atoms with Gasteiger partial charge in [0.05, 0.1) is 18.9 Å². The number of benzene rings is 1. The van der Waals surface area contributed by atoms with E-state index in [1.165, 1.54) is 4.90 Å². The van der Waals surface area contributed by atoms with Crippen molar-refractivity contribution in [1.82, 2.24) is 9.88 Å². The van der Waals surface area contributed by atoms with E-state index in [1.807, 2.05) is 13.0 Å². The summed E-state index contributed by atoms with van der Waals surface area (Å²) in [5, 5.41) is 9.34. The molecule has 8 heteroatoms. The quantitative estimate of drug-likeness (QED) is 0.444. The number of hydrogen-bond donors (Lipinski definition) is 2. The van der Waals surface area contributed by atoms with Gasteiger partial charge in [-0.25, -0.2) is 0 Å². The van der Waals surface area contributed by atoms with E-state index in [9.17, 15) is 19.5 Å². The number of nitrogens with two attached hydrogens (primary N) is 1. The fraction of sp³-hybridized carbons (Fsp3) is 0.391. The third kappa shape index (κ3) is 5.27. The number of carbonyl (C=O) groups is 3. The van der Waals surface area contributed by atoms with Crippen LogP contribution in [0.4, 0.5) is 0 Å². The Balaban J connectivity index is 1.73. The molecule has 0 unspecified atom stereocenters. The molecule has 164 valence electrons. The second-order valence-corrected chi connectivity index (χ2v) is 7.54. The molecule has 8 nitrogen and oxygen atoms in total. The van der Waals surface area contributed by atoms with Crippen molar-refractivity contribution in [1.29, 1.82) is 0 Å². The first-order valence-corrected chi connectivity index (χ1v) is 10.4. The average molecular weight is 425 g/mol. The van der Waals surface area contributed by atoms with Crippen LogP contribution in [0.25, 0.3) is 11.3 Å². The Morgan fingerprint density at radius 2 is 2.10 bits per heavy atom. The van der Waals surface area contributed by atoms with Gasteiger partial charge in [-0.2, -0.15) is 0 Å². The molecule has 3 N–H and O–H groups in total. The lowest BCUT2D eigenvalue weighted by atomic mass is 10.0. The van der Waals surface area contributed by atoms with E-state index < -0.39 is 17.9 Å². The fourth-order valence-electron chi connectivity index (χ4n) is 3.59. The first kappa shape index (κ1) is 22.4. The van der Waals surface area contributed by atoms with Crippen molar-refractivity contribution in [3.63, 3.8) is 0 Å². The largest absolute Gasteiger partial charge is 0.466 e. The number of primary amides is 1. The van der Waals surface area contributed by atoms with E-state index in [-0.39, 0.29) is 31.9 Å². The van der Waals surface area contributed by atoms with Crippen LogP contribution in [0, 0.1) is 0 Å². The highest BCUT2D eigenvalue weighted by atomic mass is 16.5. The predicted octanol–water partition coefficient (Wildman–Crippen LogP) is 2.17. The molecule has 0 radical (unpaired) electrons. The average Bonchev–Trinajstić information content (AvgIpc) is 3.09. The molecule has 1 aliphatic heterocycles. The summed E-state index contributed by atoms with van der Waals surface area (Å²) in [5.41, 5.74) is 9.04. The Kier molecular flexibility index (Phi) is 7.36. The van der Waals surface area contributed by atoms with Gasteiger partial charge in [-0.3, -0.25) is 19.4 Å². The second-order valence-electron chi connectivity index (χ2n) is 7.54. The summed E-state index contributed by atoms with van der Waals surface area (Å²) in [4.78, 5) is 42.6. The Labute approximate surface area is 181 Å². The highest BCUT2D eigenvalue weighted by molar-refractivity contribution is 6.01. The number of amides is 2. The van der Waals surface area contributed by atoms with E-state index in [0.29, 0.717) is 17.9 Å². The van der Waals surface area contributed by atoms with Gasteiger partial charge in [-0.1, -0.05) is 19.4 Å². The Morgan fingerprint density at radius 3 is 2.81 bits per heavy atom. The highest BCUT2D eigenvalue weighted by Crippen LogP contribution is 2.30. The van der Waals surface area contributed by atoms with Gasteiger partial charge < -0.3 is 20.5 Å². The summed E-state index contributed by atoms with van der Waals surface area (Å²) >= 11 is 0. The smallest absolute Gasteiger partial charge is 0.305 e. The van der Waals surface area contributed by atoms with E-state index >= 15 is 0 Å². The molecular weight excluding hydrogens is 398 g/mol. The van der Waals surface area contributed by atoms with Crippen LogP contribution in [0.2, 0.25) is 0 Å². The van der Waals surface area contributed by atoms with E-state index in [4.69, 9.17) is 10.5 Å². The van der Waals surface area contributed by atoms with E-state index in [2.05, 4.69) is 4.98 Å². The molecule has 1 aliphatic rings. The number of aromatic nitrogens is 1. The molecule has 0 spiro atoms. The zero-order valence-corrected chi connectivity index (χ0v) is 17.5. The summed E-state index contributed by atoms with van der Waals surface area (Å²) in [6.07, 6.45) is 3.45. The normalized spacial score (nSPS) is 13.7. The van der Waals surface area contributed by atoms with Crippen LogP contribution in [-0.4, -0.2) is 45.4 Å². The number of fused-ring (bicyclic) bond motifs is 1. The summed E-state index contributed by atoms with van der Waals surface area (Å²) < 4.78 is 5.13. The summed E-state index contributed by atoms with van der Waals surface area (Å²) in [7, 11) is 0. The minimum Gasteiger partial charge on any atom is -0.466 e. The number of nitrogens with zero attached hydrogens (tertiary/aromatic N) is 2. The van der Waals surface area contributed by atoms with Crippen molar-refractivity contribution in [3.05, 3.63) is 53.2 Å². The Hall–Kier alpha value is -3.26. The maximum absolute atomic E-state index is 12.9. The SMILES string of the molecule is CCCCOC(=O)CC[C@@H](C(N)=O)N1Cc2cc(-c3cc(CO)ccn3)ccc2C1=O. The number of aliphatic hydroxyl groups excluding tert-OH is 1. The summed E-state index contributed by atoms with van der Waals surface area (Å²) in [6, 6.07) is 7.97. The van der Waals surface area contributed by atoms with Gasteiger partial charge in [-0.15, -0.1) is 0 Å². The lowest BCUT2D eigenvalue weighted by Gasteiger charge is -2.24. The monoisotopic (exact) mass is 425 g/mol. The van der Waals surface area contributed by atoms with Gasteiger partial charge in [0.1, 0.15) is 6.04 Å². The van der Waals surface area contributed by atoms with Gasteiger partial charge in [-0.05, 0) is 48.2 Å². The first-order chi connectivity index (χ1) is 14.9. The lowest BCUT2D eigenvalue weighted by Crippen LogP contribution is -2.45. The fourth-order valence-corrected chi connectivity index (χ4v) is 3.59. The van der Waals surface area contributed by atoms with Gasteiger partial charge in [0.25, 0.3) is 5.91 Å². The minimum absolute atomic E-state index is 0.0145. The number of ether oxygens (including phenoxy) is 1. The molecule has 1 aromatic heterocycles. The minimum atomic E-state index is -0.891. The van der Waals surface area contributed by atoms with Gasteiger partial charge >= 0.3 is 5.97 Å². The number of hydrogen-bond acceptors (Lipinski definition) is 6. The Bertz CT molecular complexity index is 975. The first-order valence-electron chi connectivity index (χ1n) is 10.4. The third-order valence-electron chi connectivity index (χ3n) is 5.33. The van der Waals surface area contributed by atoms with Gasteiger partial charge in [0.15, 0.2) is 0 Å². The molecule has 1 atom stereocenters. The zero-order valence-electron chi connectivity index (χ0n) is 17.5. The maximum Gasteiger partial charge on any atom is 0.305 e. The standard InChI is InChI=1S/C23H27N3O5/c1-2-3-10-31-21(28)7-6-20(22(24)29)26-13-17-12-16(4-5-18(17)23(26)30)19-11-15(14-27)8-9-25-19/h4-5,8-9,11-12,20,27H,2-3,6-7,10,13-14H2,1H3,(H2,24,29)/t20-/m0/s1. The van der Waals surface area contributed by atoms with Crippen LogP contribution in [0.3, 0.4) is 0 Å². The van der Waals surface area contributed by atoms with Crippen molar-refractivity contribution >= 4 is 17.8 Å². The summed E-state index contributed by atoms with van der Waals surface area (Å²) in [6.45, 7) is 2.48. The number of pyridine rings is 1. The number of carbonyl (C=O) groups excluding carboxylic acids is 3. The molecule has 0 bridgehead atoms. The molecule has 0 saturated heterocycles. The topological polar surface area (TPSA) is 123 Å². The number of aliphatic hydroxyl groups is 1. The molecule has 1 aromatic carbocycles. The molecule has 3 rings (SSSR count). The number of unbranched alkanes of at least 4 members (excludes halogenated alkanes) is 1. The predicted molar refractivity (Wildman–Crippen MR) is 114 cm³/mol. The summed E-state index contributed by atoms with van der Waals surface area (Å²) in [5.74, 6) is -1.34. The van der Waals surface area contributed by atoms with Crippen LogP contribution < -0.4 is 5.73 Å². The molecule has 31 heavy (non-hydrogen) atoms. The lowest BCUT2D eigenvalue weighted by molar-refractivity contribution is -0.144. The number of esters is 1. The molecule has 2 amide bonds. The molecule has 2 aromatic rings. The van der Waals surface area contributed by atoms with Gasteiger partial charge in [0, 0.05) is 30.3 Å².